The number of alkyl halides is 2. The number of nitrogens with one attached hydrogen (secondary N) is 1. The van der Waals surface area contributed by atoms with Crippen LogP contribution in [0.15, 0.2) is 34.4 Å². The number of hydrogen-bond acceptors (Lipinski definition) is 11. The van der Waals surface area contributed by atoms with Gasteiger partial charge in [0.1, 0.15) is 6.10 Å². The molecule has 3 rings (SSSR count). The molecule has 6 atom stereocenters. The van der Waals surface area contributed by atoms with Crippen LogP contribution in [0.3, 0.4) is 0 Å². The number of hydrogen-bond donors (Lipinski definition) is 6. The van der Waals surface area contributed by atoms with Crippen molar-refractivity contribution in [2.75, 3.05) is 5.32 Å². The van der Waals surface area contributed by atoms with Gasteiger partial charge in [-0.2, -0.15) is 0 Å². The Labute approximate surface area is 253 Å². The minimum atomic E-state index is -4.08. The van der Waals surface area contributed by atoms with Crippen molar-refractivity contribution in [3.05, 3.63) is 49.1 Å². The third kappa shape index (κ3) is 5.42. The van der Waals surface area contributed by atoms with Crippen molar-refractivity contribution >= 4 is 55.2 Å². The number of halogens is 2. The number of aliphatic hydroxyl groups excluding tert-OH is 1. The topological polar surface area (TPSA) is 208 Å². The van der Waals surface area contributed by atoms with Gasteiger partial charge in [-0.15, -0.1) is 0 Å². The van der Waals surface area contributed by atoms with E-state index in [-0.39, 0.29) is 12.1 Å². The molecule has 234 valence electrons. The van der Waals surface area contributed by atoms with Crippen molar-refractivity contribution in [2.45, 2.75) is 81.8 Å². The van der Waals surface area contributed by atoms with E-state index in [2.05, 4.69) is 5.32 Å². The van der Waals surface area contributed by atoms with E-state index in [1.165, 1.54) is 0 Å². The van der Waals surface area contributed by atoms with Crippen molar-refractivity contribution in [1.29, 1.82) is 0 Å². The van der Waals surface area contributed by atoms with Crippen LogP contribution in [-0.4, -0.2) is 104 Å². The Morgan fingerprint density at radius 1 is 0.953 bits per heavy atom. The molecule has 0 spiro atoms. The zero-order valence-corrected chi connectivity index (χ0v) is 25.8. The summed E-state index contributed by atoms with van der Waals surface area (Å²) in [4.78, 5) is 63.4. The van der Waals surface area contributed by atoms with Crippen LogP contribution >= 0.6 is 0 Å². The molecule has 1 unspecified atom stereocenters. The van der Waals surface area contributed by atoms with Gasteiger partial charge in [-0.05, 0) is 27.7 Å². The van der Waals surface area contributed by atoms with Crippen molar-refractivity contribution < 1.29 is 63.0 Å². The Kier molecular flexibility index (Phi) is 9.97. The zero-order valence-electron chi connectivity index (χ0n) is 23.5. The maximum absolute atomic E-state index is 14.5. The normalized spacial score (nSPS) is 29.6. The molecule has 1 aliphatic rings. The van der Waals surface area contributed by atoms with Crippen LogP contribution in [0.4, 0.5) is 14.5 Å². The second-order valence-corrected chi connectivity index (χ2v) is 13.3. The summed E-state index contributed by atoms with van der Waals surface area (Å²) in [6.45, 7) is 2.35. The number of anilines is 1. The number of carbonyl (C=O) groups excluding carboxylic acids is 5. The Morgan fingerprint density at radius 2 is 1.56 bits per heavy atom. The summed E-state index contributed by atoms with van der Waals surface area (Å²) in [6.07, 6.45) is -8.41. The van der Waals surface area contributed by atoms with Gasteiger partial charge in [0.2, 0.25) is 0 Å². The molecule has 1 saturated heterocycles. The summed E-state index contributed by atoms with van der Waals surface area (Å²) in [5.74, 6) is -10.7. The number of rotatable bonds is 11. The number of benzene rings is 1. The van der Waals surface area contributed by atoms with Crippen LogP contribution < -0.4 is 5.32 Å². The summed E-state index contributed by atoms with van der Waals surface area (Å²) in [6, 6.07) is 6.14. The van der Waals surface area contributed by atoms with Crippen molar-refractivity contribution in [3.8, 4) is 0 Å². The average Bonchev–Trinajstić information content (AvgIpc) is 3.45. The zero-order chi connectivity index (χ0) is 32.7. The molecule has 6 N–H and O–H groups in total. The van der Waals surface area contributed by atoms with E-state index in [1.807, 2.05) is 16.2 Å². The Balaban J connectivity index is 2.25. The van der Waals surface area contributed by atoms with Crippen LogP contribution in [0.5, 0.6) is 0 Å². The molecular formula is C28H31F2NO11Te. The first kappa shape index (κ1) is 34.7. The van der Waals surface area contributed by atoms with Gasteiger partial charge in [-0.25, -0.2) is 0 Å². The number of aryl methyl sites for hydroxylation is 1. The van der Waals surface area contributed by atoms with Crippen LogP contribution in [0, 0.1) is 0 Å². The molecule has 0 bridgehead atoms. The first-order valence-electron chi connectivity index (χ1n) is 12.8. The predicted molar refractivity (Wildman–Crippen MR) is 144 cm³/mol. The molecule has 0 saturated carbocycles. The Hall–Kier alpha value is -2.74. The Bertz CT molecular complexity index is 1450. The second kappa shape index (κ2) is 12.3. The Morgan fingerprint density at radius 3 is 2.02 bits per heavy atom. The molecule has 1 amide bonds. The van der Waals surface area contributed by atoms with E-state index >= 15 is 0 Å². The fourth-order valence-corrected chi connectivity index (χ4v) is 7.39. The number of ether oxygens (including phenoxy) is 1. The summed E-state index contributed by atoms with van der Waals surface area (Å²) in [7, 11) is 0. The van der Waals surface area contributed by atoms with Crippen LogP contribution in [0.25, 0.3) is 0 Å². The molecule has 2 heterocycles. The first-order chi connectivity index (χ1) is 19.8. The molecule has 1 aromatic carbocycles. The molecular weight excluding hydrogens is 692 g/mol. The van der Waals surface area contributed by atoms with E-state index in [1.54, 1.807) is 0 Å². The van der Waals surface area contributed by atoms with Gasteiger partial charge in [0.05, 0.1) is 0 Å². The molecule has 15 heteroatoms. The van der Waals surface area contributed by atoms with Crippen LogP contribution in [0.2, 0.25) is 0 Å². The number of Topliss-reactive ketones (excluding diaryl/α,β-unsaturated/α-hetero) is 4. The molecule has 1 aromatic heterocycles. The molecule has 2 aromatic rings. The van der Waals surface area contributed by atoms with Gasteiger partial charge in [0.15, 0.2) is 23.0 Å². The second-order valence-electron chi connectivity index (χ2n) is 10.3. The van der Waals surface area contributed by atoms with E-state index in [0.29, 0.717) is 39.3 Å². The standard InChI is InChI=1S/C28H31F2NO11Te/c1-13(32)22(37)23-25(38,14(2)33)26(39,15(3)34)27(40,16(4)35)28(41,42-23)20-9-7-17(12-19(20)24(29)30)31-21(36)10-8-18-6-5-11-43-18/h5-7,9,11-12,22-24,37-41H,8,10H2,1-4H3,(H,31,36)/t22?,23-,25+,26+,27-,28-/m1/s1. The first-order valence-corrected chi connectivity index (χ1v) is 15.3. The summed E-state index contributed by atoms with van der Waals surface area (Å²) in [5, 5.41) is 59.7. The quantitative estimate of drug-likeness (QED) is 0.166. The van der Waals surface area contributed by atoms with E-state index in [0.717, 1.165) is 16.6 Å². The smallest absolute Gasteiger partial charge is 0.376 e. The minimum absolute atomic E-state index is 0.0288. The third-order valence-electron chi connectivity index (χ3n) is 7.65. The van der Waals surface area contributed by atoms with Crippen LogP contribution in [0.1, 0.15) is 55.2 Å². The predicted octanol–water partition coefficient (Wildman–Crippen LogP) is -0.293. The minimum Gasteiger partial charge on any atom is -0.376 e. The van der Waals surface area contributed by atoms with Gasteiger partial charge in [0, 0.05) is 0 Å². The number of amides is 1. The number of ketones is 4. The fraction of sp³-hybridized carbons (Fsp3) is 0.464. The molecule has 0 aliphatic carbocycles. The van der Waals surface area contributed by atoms with E-state index < -0.39 is 102 Å². The summed E-state index contributed by atoms with van der Waals surface area (Å²) in [5.41, 5.74) is -14.4. The SMILES string of the molecule is CC(=O)C(O)[C@H]1O[C@](O)(c2ccc(NC(=O)CCc3ccc[te]3)cc2C(F)F)[C@@](O)(C(C)=O)[C@](O)(C(C)=O)[C@]1(O)C(C)=O. The van der Waals surface area contributed by atoms with Crippen molar-refractivity contribution in [2.24, 2.45) is 0 Å². The molecule has 12 nitrogen and oxygen atoms in total. The monoisotopic (exact) mass is 725 g/mol. The van der Waals surface area contributed by atoms with Gasteiger partial charge in [0.25, 0.3) is 0 Å². The molecule has 43 heavy (non-hydrogen) atoms. The van der Waals surface area contributed by atoms with Gasteiger partial charge < -0.3 is 15.3 Å². The van der Waals surface area contributed by atoms with Crippen molar-refractivity contribution in [3.63, 3.8) is 0 Å². The van der Waals surface area contributed by atoms with E-state index in [4.69, 9.17) is 4.74 Å². The third-order valence-corrected chi connectivity index (χ3v) is 10.3. The molecule has 1 aliphatic heterocycles. The fourth-order valence-electron chi connectivity index (χ4n) is 5.36. The van der Waals surface area contributed by atoms with Crippen molar-refractivity contribution in [1.82, 2.24) is 0 Å². The molecule has 1 fully saturated rings. The van der Waals surface area contributed by atoms with Gasteiger partial charge in [-0.3, -0.25) is 19.2 Å². The molecule has 0 radical (unpaired) electrons. The summed E-state index contributed by atoms with van der Waals surface area (Å²) < 4.78 is 37.4. The van der Waals surface area contributed by atoms with Crippen LogP contribution in [-0.2, 0) is 40.9 Å². The number of aliphatic hydroxyl groups is 5. The van der Waals surface area contributed by atoms with Gasteiger partial charge >= 0.3 is 163 Å². The average molecular weight is 723 g/mol. The maximum atomic E-state index is 14.5. The number of carbonyl (C=O) groups is 5. The van der Waals surface area contributed by atoms with Gasteiger partial charge in [-0.1, -0.05) is 0 Å². The summed E-state index contributed by atoms with van der Waals surface area (Å²) >= 11 is -0.493. The van der Waals surface area contributed by atoms with E-state index in [9.17, 15) is 58.3 Å².